The summed E-state index contributed by atoms with van der Waals surface area (Å²) in [5, 5.41) is 2.64. The van der Waals surface area contributed by atoms with Crippen molar-refractivity contribution >= 4 is 11.9 Å². The number of carbonyl (C=O) groups excluding carboxylic acids is 2. The number of ether oxygens (including phenoxy) is 1. The lowest BCUT2D eigenvalue weighted by molar-refractivity contribution is -0.143. The van der Waals surface area contributed by atoms with Crippen molar-refractivity contribution in [2.45, 2.75) is 33.2 Å². The predicted molar refractivity (Wildman–Crippen MR) is 66.2 cm³/mol. The summed E-state index contributed by atoms with van der Waals surface area (Å²) in [5.41, 5.74) is 0.737. The molecule has 1 N–H and O–H groups in total. The highest BCUT2D eigenvalue weighted by atomic mass is 16.5. The number of hydrogen-bond acceptors (Lipinski definition) is 4. The van der Waals surface area contributed by atoms with Gasteiger partial charge in [0.2, 0.25) is 0 Å². The first kappa shape index (κ1) is 14.3. The Labute approximate surface area is 106 Å². The molecule has 0 spiro atoms. The molecule has 5 nitrogen and oxygen atoms in total. The Balaban J connectivity index is 2.74. The molecule has 1 rings (SSSR count). The van der Waals surface area contributed by atoms with E-state index in [2.05, 4.69) is 10.1 Å². The zero-order chi connectivity index (χ0) is 13.7. The molecule has 0 bridgehead atoms. The third kappa shape index (κ3) is 3.61. The lowest BCUT2D eigenvalue weighted by Gasteiger charge is -2.17. The average Bonchev–Trinajstić information content (AvgIpc) is 2.73. The van der Waals surface area contributed by atoms with Crippen LogP contribution in [0.1, 0.15) is 36.4 Å². The van der Waals surface area contributed by atoms with E-state index in [1.165, 1.54) is 13.4 Å². The van der Waals surface area contributed by atoms with Gasteiger partial charge in [-0.1, -0.05) is 13.8 Å². The highest BCUT2D eigenvalue weighted by molar-refractivity contribution is 5.95. The molecule has 1 aromatic heterocycles. The second-order valence-electron chi connectivity index (χ2n) is 4.61. The first-order chi connectivity index (χ1) is 8.45. The van der Waals surface area contributed by atoms with Crippen molar-refractivity contribution < 1.29 is 18.7 Å². The summed E-state index contributed by atoms with van der Waals surface area (Å²) in [6.45, 7) is 5.72. The van der Waals surface area contributed by atoms with Gasteiger partial charge in [0.15, 0.2) is 5.76 Å². The Morgan fingerprint density at radius 1 is 1.44 bits per heavy atom. The zero-order valence-electron chi connectivity index (χ0n) is 11.1. The molecule has 1 heterocycles. The summed E-state index contributed by atoms with van der Waals surface area (Å²) >= 11 is 0. The minimum absolute atomic E-state index is 0.229. The Morgan fingerprint density at radius 2 is 2.11 bits per heavy atom. The summed E-state index contributed by atoms with van der Waals surface area (Å²) in [6, 6.07) is 1.05. The number of furan rings is 1. The number of amides is 1. The van der Waals surface area contributed by atoms with Gasteiger partial charge >= 0.3 is 5.97 Å². The predicted octanol–water partition coefficient (Wildman–Crippen LogP) is 1.91. The topological polar surface area (TPSA) is 68.5 Å². The molecule has 1 unspecified atom stereocenters. The van der Waals surface area contributed by atoms with Crippen molar-refractivity contribution in [3.8, 4) is 0 Å². The number of methoxy groups -OCH3 is 1. The van der Waals surface area contributed by atoms with Gasteiger partial charge in [-0.25, -0.2) is 4.79 Å². The second kappa shape index (κ2) is 6.23. The third-order valence-electron chi connectivity index (χ3n) is 2.57. The molecule has 18 heavy (non-hydrogen) atoms. The normalized spacial score (nSPS) is 12.3. The minimum Gasteiger partial charge on any atom is -0.467 e. The fourth-order valence-corrected chi connectivity index (χ4v) is 1.66. The van der Waals surface area contributed by atoms with E-state index >= 15 is 0 Å². The molecule has 1 atom stereocenters. The van der Waals surface area contributed by atoms with Crippen LogP contribution in [0.5, 0.6) is 0 Å². The third-order valence-corrected chi connectivity index (χ3v) is 2.57. The average molecular weight is 253 g/mol. The molecule has 0 radical (unpaired) electrons. The van der Waals surface area contributed by atoms with Crippen LogP contribution in [0.4, 0.5) is 0 Å². The number of aryl methyl sites for hydroxylation is 1. The SMILES string of the molecule is COC(=O)C(CC(C)C)NC(=O)c1occc1C. The van der Waals surface area contributed by atoms with Crippen LogP contribution in [0.15, 0.2) is 16.7 Å². The summed E-state index contributed by atoms with van der Waals surface area (Å²) < 4.78 is 9.76. The van der Waals surface area contributed by atoms with Crippen molar-refractivity contribution in [1.82, 2.24) is 5.32 Å². The van der Waals surface area contributed by atoms with E-state index in [1.54, 1.807) is 13.0 Å². The summed E-state index contributed by atoms with van der Waals surface area (Å²) in [7, 11) is 1.31. The number of nitrogens with one attached hydrogen (secondary N) is 1. The summed E-state index contributed by atoms with van der Waals surface area (Å²) in [4.78, 5) is 23.5. The van der Waals surface area contributed by atoms with Crippen LogP contribution >= 0.6 is 0 Å². The monoisotopic (exact) mass is 253 g/mol. The van der Waals surface area contributed by atoms with Crippen LogP contribution in [-0.4, -0.2) is 25.0 Å². The fraction of sp³-hybridized carbons (Fsp3) is 0.538. The van der Waals surface area contributed by atoms with E-state index < -0.39 is 17.9 Å². The largest absolute Gasteiger partial charge is 0.467 e. The van der Waals surface area contributed by atoms with Crippen LogP contribution in [-0.2, 0) is 9.53 Å². The summed E-state index contributed by atoms with van der Waals surface area (Å²) in [5.74, 6) is -0.338. The maximum absolute atomic E-state index is 11.9. The van der Waals surface area contributed by atoms with Gasteiger partial charge in [0, 0.05) is 5.56 Å². The molecule has 5 heteroatoms. The van der Waals surface area contributed by atoms with Gasteiger partial charge in [-0.15, -0.1) is 0 Å². The van der Waals surface area contributed by atoms with Gasteiger partial charge < -0.3 is 14.5 Å². The maximum atomic E-state index is 11.9. The molecule has 0 aliphatic heterocycles. The molecule has 1 amide bonds. The van der Waals surface area contributed by atoms with E-state index in [-0.39, 0.29) is 11.7 Å². The van der Waals surface area contributed by atoms with Crippen molar-refractivity contribution in [3.05, 3.63) is 23.7 Å². The molecule has 0 aliphatic rings. The zero-order valence-corrected chi connectivity index (χ0v) is 11.1. The van der Waals surface area contributed by atoms with Crippen molar-refractivity contribution in [3.63, 3.8) is 0 Å². The van der Waals surface area contributed by atoms with Crippen molar-refractivity contribution in [2.24, 2.45) is 5.92 Å². The van der Waals surface area contributed by atoms with Gasteiger partial charge in [-0.2, -0.15) is 0 Å². The molecule has 0 fully saturated rings. The fourth-order valence-electron chi connectivity index (χ4n) is 1.66. The highest BCUT2D eigenvalue weighted by Crippen LogP contribution is 2.11. The van der Waals surface area contributed by atoms with Crippen LogP contribution in [0.3, 0.4) is 0 Å². The molecular formula is C13H19NO4. The molecule has 0 saturated heterocycles. The van der Waals surface area contributed by atoms with Crippen LogP contribution in [0.25, 0.3) is 0 Å². The molecule has 1 aromatic rings. The smallest absolute Gasteiger partial charge is 0.328 e. The van der Waals surface area contributed by atoms with E-state index in [9.17, 15) is 9.59 Å². The van der Waals surface area contributed by atoms with Gasteiger partial charge in [-0.3, -0.25) is 4.79 Å². The first-order valence-corrected chi connectivity index (χ1v) is 5.88. The van der Waals surface area contributed by atoms with Crippen molar-refractivity contribution in [1.29, 1.82) is 0 Å². The van der Waals surface area contributed by atoms with Gasteiger partial charge in [0.1, 0.15) is 6.04 Å². The van der Waals surface area contributed by atoms with E-state index in [4.69, 9.17) is 4.42 Å². The number of hydrogen-bond donors (Lipinski definition) is 1. The standard InChI is InChI=1S/C13H19NO4/c1-8(2)7-10(13(16)17-4)14-12(15)11-9(3)5-6-18-11/h5-6,8,10H,7H2,1-4H3,(H,14,15). The Morgan fingerprint density at radius 3 is 2.56 bits per heavy atom. The van der Waals surface area contributed by atoms with Crippen molar-refractivity contribution in [2.75, 3.05) is 7.11 Å². The number of carbonyl (C=O) groups is 2. The molecule has 0 aliphatic carbocycles. The summed E-state index contributed by atoms with van der Waals surface area (Å²) in [6.07, 6.45) is 1.97. The van der Waals surface area contributed by atoms with Crippen LogP contribution < -0.4 is 5.32 Å². The minimum atomic E-state index is -0.646. The number of esters is 1. The quantitative estimate of drug-likeness (QED) is 0.814. The van der Waals surface area contributed by atoms with Gasteiger partial charge in [0.25, 0.3) is 5.91 Å². The van der Waals surface area contributed by atoms with E-state index in [1.807, 2.05) is 13.8 Å². The second-order valence-corrected chi connectivity index (χ2v) is 4.61. The highest BCUT2D eigenvalue weighted by Gasteiger charge is 2.24. The molecule has 0 saturated carbocycles. The van der Waals surface area contributed by atoms with Gasteiger partial charge in [-0.05, 0) is 25.3 Å². The first-order valence-electron chi connectivity index (χ1n) is 5.88. The van der Waals surface area contributed by atoms with Gasteiger partial charge in [0.05, 0.1) is 13.4 Å². The molecule has 100 valence electrons. The van der Waals surface area contributed by atoms with E-state index in [0.29, 0.717) is 6.42 Å². The maximum Gasteiger partial charge on any atom is 0.328 e. The molecule has 0 aromatic carbocycles. The van der Waals surface area contributed by atoms with Crippen LogP contribution in [0, 0.1) is 12.8 Å². The lowest BCUT2D eigenvalue weighted by Crippen LogP contribution is -2.42. The molecular weight excluding hydrogens is 234 g/mol. The Bertz CT molecular complexity index is 422. The van der Waals surface area contributed by atoms with E-state index in [0.717, 1.165) is 5.56 Å². The lowest BCUT2D eigenvalue weighted by atomic mass is 10.0. The number of rotatable bonds is 5. The Hall–Kier alpha value is -1.78. The Kier molecular flexibility index (Phi) is 4.95. The van der Waals surface area contributed by atoms with Crippen LogP contribution in [0.2, 0.25) is 0 Å².